The van der Waals surface area contributed by atoms with Crippen LogP contribution >= 0.6 is 0 Å². The largest absolute Gasteiger partial charge is 0.261 e. The fraction of sp³-hybridized carbons (Fsp3) is 0.389. The van der Waals surface area contributed by atoms with Gasteiger partial charge in [0.15, 0.2) is 0 Å². The standard InChI is InChI=1S/C18H22N2O2S/c21-23(22,20-13-5-9-17-8-3-4-12-19-17)18-11-10-15-6-1-2-7-16(15)14-18/h3-4,8,10-12,14,20H,1-2,5-7,9,13H2. The van der Waals surface area contributed by atoms with E-state index in [4.69, 9.17) is 0 Å². The summed E-state index contributed by atoms with van der Waals surface area (Å²) in [6, 6.07) is 11.3. The Labute approximate surface area is 138 Å². The molecule has 1 aromatic carbocycles. The number of aromatic nitrogens is 1. The van der Waals surface area contributed by atoms with Gasteiger partial charge in [-0.3, -0.25) is 4.98 Å². The summed E-state index contributed by atoms with van der Waals surface area (Å²) in [5.41, 5.74) is 3.47. The first-order chi connectivity index (χ1) is 11.1. The second-order valence-corrected chi connectivity index (χ2v) is 7.73. The van der Waals surface area contributed by atoms with Crippen molar-refractivity contribution in [2.75, 3.05) is 6.54 Å². The second-order valence-electron chi connectivity index (χ2n) is 5.96. The number of nitrogens with zero attached hydrogens (tertiary/aromatic N) is 1. The zero-order valence-electron chi connectivity index (χ0n) is 13.2. The molecule has 23 heavy (non-hydrogen) atoms. The zero-order valence-corrected chi connectivity index (χ0v) is 14.0. The summed E-state index contributed by atoms with van der Waals surface area (Å²) in [4.78, 5) is 4.63. The average molecular weight is 330 g/mol. The molecule has 1 aromatic heterocycles. The van der Waals surface area contributed by atoms with Crippen molar-refractivity contribution in [3.8, 4) is 0 Å². The van der Waals surface area contributed by atoms with E-state index in [0.29, 0.717) is 11.4 Å². The highest BCUT2D eigenvalue weighted by molar-refractivity contribution is 7.89. The number of sulfonamides is 1. The number of pyridine rings is 1. The Hall–Kier alpha value is -1.72. The van der Waals surface area contributed by atoms with E-state index in [2.05, 4.69) is 9.71 Å². The first kappa shape index (κ1) is 16.1. The van der Waals surface area contributed by atoms with Crippen molar-refractivity contribution in [3.63, 3.8) is 0 Å². The molecule has 5 heteroatoms. The molecule has 4 nitrogen and oxygen atoms in total. The van der Waals surface area contributed by atoms with Crippen LogP contribution in [0.15, 0.2) is 47.5 Å². The molecule has 0 saturated heterocycles. The summed E-state index contributed by atoms with van der Waals surface area (Å²) in [7, 11) is -3.42. The van der Waals surface area contributed by atoms with Crippen molar-refractivity contribution in [3.05, 3.63) is 59.4 Å². The minimum absolute atomic E-state index is 0.385. The lowest BCUT2D eigenvalue weighted by Gasteiger charge is -2.16. The molecule has 0 atom stereocenters. The van der Waals surface area contributed by atoms with Gasteiger partial charge < -0.3 is 0 Å². The molecule has 1 aliphatic carbocycles. The molecular formula is C18H22N2O2S. The summed E-state index contributed by atoms with van der Waals surface area (Å²) in [5.74, 6) is 0. The lowest BCUT2D eigenvalue weighted by molar-refractivity contribution is 0.578. The molecule has 0 aliphatic heterocycles. The predicted molar refractivity (Wildman–Crippen MR) is 90.8 cm³/mol. The van der Waals surface area contributed by atoms with Gasteiger partial charge in [0.1, 0.15) is 0 Å². The SMILES string of the molecule is O=S(=O)(NCCCc1ccccn1)c1ccc2c(c1)CCCC2. The van der Waals surface area contributed by atoms with E-state index >= 15 is 0 Å². The van der Waals surface area contributed by atoms with Crippen LogP contribution in [0.2, 0.25) is 0 Å². The molecule has 0 bridgehead atoms. The Balaban J connectivity index is 1.58. The summed E-state index contributed by atoms with van der Waals surface area (Å²) < 4.78 is 27.5. The van der Waals surface area contributed by atoms with Crippen LogP contribution in [0.3, 0.4) is 0 Å². The molecule has 3 rings (SSSR count). The Kier molecular flexibility index (Phi) is 5.08. The van der Waals surface area contributed by atoms with Crippen molar-refractivity contribution in [1.29, 1.82) is 0 Å². The molecule has 0 spiro atoms. The molecule has 1 aliphatic rings. The minimum atomic E-state index is -3.42. The number of hydrogen-bond donors (Lipinski definition) is 1. The van der Waals surface area contributed by atoms with Crippen LogP contribution < -0.4 is 4.72 Å². The van der Waals surface area contributed by atoms with Crippen molar-refractivity contribution in [2.45, 2.75) is 43.4 Å². The fourth-order valence-electron chi connectivity index (χ4n) is 2.98. The molecule has 1 heterocycles. The maximum absolute atomic E-state index is 12.4. The fourth-order valence-corrected chi connectivity index (χ4v) is 4.11. The number of benzene rings is 1. The molecule has 0 amide bonds. The third kappa shape index (κ3) is 4.18. The van der Waals surface area contributed by atoms with Crippen molar-refractivity contribution >= 4 is 10.0 Å². The molecule has 1 N–H and O–H groups in total. The molecule has 0 saturated carbocycles. The molecule has 2 aromatic rings. The van der Waals surface area contributed by atoms with E-state index in [1.165, 1.54) is 17.5 Å². The minimum Gasteiger partial charge on any atom is -0.261 e. The molecular weight excluding hydrogens is 308 g/mol. The van der Waals surface area contributed by atoms with E-state index < -0.39 is 10.0 Å². The molecule has 122 valence electrons. The lowest BCUT2D eigenvalue weighted by atomic mass is 9.92. The van der Waals surface area contributed by atoms with Crippen LogP contribution in [-0.4, -0.2) is 19.9 Å². The Morgan fingerprint density at radius 2 is 1.87 bits per heavy atom. The van der Waals surface area contributed by atoms with E-state index in [9.17, 15) is 8.42 Å². The van der Waals surface area contributed by atoms with Gasteiger partial charge in [0.05, 0.1) is 4.90 Å². The smallest absolute Gasteiger partial charge is 0.240 e. The van der Waals surface area contributed by atoms with Crippen LogP contribution in [0, 0.1) is 0 Å². The lowest BCUT2D eigenvalue weighted by Crippen LogP contribution is -2.25. The second kappa shape index (κ2) is 7.23. The van der Waals surface area contributed by atoms with Crippen LogP contribution in [-0.2, 0) is 29.3 Å². The highest BCUT2D eigenvalue weighted by atomic mass is 32.2. The highest BCUT2D eigenvalue weighted by Gasteiger charge is 2.17. The predicted octanol–water partition coefficient (Wildman–Crippen LogP) is 2.87. The van der Waals surface area contributed by atoms with Crippen molar-refractivity contribution < 1.29 is 8.42 Å². The van der Waals surface area contributed by atoms with Crippen molar-refractivity contribution in [2.24, 2.45) is 0 Å². The maximum Gasteiger partial charge on any atom is 0.240 e. The zero-order chi connectivity index (χ0) is 16.1. The van der Waals surface area contributed by atoms with Crippen LogP contribution in [0.1, 0.15) is 36.1 Å². The van der Waals surface area contributed by atoms with Gasteiger partial charge in [-0.1, -0.05) is 12.1 Å². The molecule has 0 radical (unpaired) electrons. The first-order valence-corrected chi connectivity index (χ1v) is 9.65. The Bertz CT molecular complexity index is 758. The van der Waals surface area contributed by atoms with Crippen LogP contribution in [0.5, 0.6) is 0 Å². The van der Waals surface area contributed by atoms with Crippen LogP contribution in [0.25, 0.3) is 0 Å². The van der Waals surface area contributed by atoms with E-state index in [1.807, 2.05) is 30.3 Å². The topological polar surface area (TPSA) is 59.1 Å². The number of fused-ring (bicyclic) bond motifs is 1. The van der Waals surface area contributed by atoms with Gasteiger partial charge in [0, 0.05) is 18.4 Å². The third-order valence-electron chi connectivity index (χ3n) is 4.26. The first-order valence-electron chi connectivity index (χ1n) is 8.16. The summed E-state index contributed by atoms with van der Waals surface area (Å²) >= 11 is 0. The normalized spacial score (nSPS) is 14.4. The number of aryl methyl sites for hydroxylation is 3. The number of hydrogen-bond acceptors (Lipinski definition) is 3. The van der Waals surface area contributed by atoms with Gasteiger partial charge in [-0.2, -0.15) is 0 Å². The molecule has 0 fully saturated rings. The van der Waals surface area contributed by atoms with Crippen LogP contribution in [0.4, 0.5) is 0 Å². The van der Waals surface area contributed by atoms with Crippen molar-refractivity contribution in [1.82, 2.24) is 9.71 Å². The van der Waals surface area contributed by atoms with Gasteiger partial charge in [-0.15, -0.1) is 0 Å². The summed E-state index contributed by atoms with van der Waals surface area (Å²) in [5, 5.41) is 0. The van der Waals surface area contributed by atoms with Gasteiger partial charge in [-0.25, -0.2) is 13.1 Å². The highest BCUT2D eigenvalue weighted by Crippen LogP contribution is 2.24. The number of nitrogens with one attached hydrogen (secondary N) is 1. The maximum atomic E-state index is 12.4. The van der Waals surface area contributed by atoms with E-state index in [0.717, 1.165) is 37.8 Å². The van der Waals surface area contributed by atoms with Gasteiger partial charge in [0.2, 0.25) is 10.0 Å². The average Bonchev–Trinajstić information content (AvgIpc) is 2.59. The third-order valence-corrected chi connectivity index (χ3v) is 5.72. The number of rotatable bonds is 6. The van der Waals surface area contributed by atoms with Gasteiger partial charge in [-0.05, 0) is 73.9 Å². The Morgan fingerprint density at radius 3 is 2.65 bits per heavy atom. The van der Waals surface area contributed by atoms with E-state index in [1.54, 1.807) is 12.3 Å². The summed E-state index contributed by atoms with van der Waals surface area (Å²) in [6.45, 7) is 0.427. The quantitative estimate of drug-likeness (QED) is 0.829. The van der Waals surface area contributed by atoms with Gasteiger partial charge in [0.25, 0.3) is 0 Å². The molecule has 0 unspecified atom stereocenters. The summed E-state index contributed by atoms with van der Waals surface area (Å²) in [6.07, 6.45) is 7.66. The monoisotopic (exact) mass is 330 g/mol. The van der Waals surface area contributed by atoms with Gasteiger partial charge >= 0.3 is 0 Å². The Morgan fingerprint density at radius 1 is 1.04 bits per heavy atom. The van der Waals surface area contributed by atoms with E-state index in [-0.39, 0.29) is 0 Å².